The van der Waals surface area contributed by atoms with Gasteiger partial charge in [0, 0.05) is 46.7 Å². The number of benzene rings is 2. The van der Waals surface area contributed by atoms with Crippen molar-refractivity contribution in [1.82, 2.24) is 24.7 Å². The van der Waals surface area contributed by atoms with Crippen molar-refractivity contribution in [3.63, 3.8) is 0 Å². The van der Waals surface area contributed by atoms with Crippen molar-refractivity contribution in [2.24, 2.45) is 0 Å². The van der Waals surface area contributed by atoms with Crippen LogP contribution in [0.1, 0.15) is 5.56 Å². The molecule has 0 saturated heterocycles. The standard InChI is InChI=1S/C23H16N6O2S/c30-29(31)20-8-9-21(18-10-12-25-14-19(18)20)32-23-27-26-22(17-7-4-11-24-13-17)28(23)15-16-5-2-1-3-6-16/h1-14H,15H2. The van der Waals surface area contributed by atoms with E-state index in [1.807, 2.05) is 34.9 Å². The summed E-state index contributed by atoms with van der Waals surface area (Å²) in [5, 5.41) is 22.2. The van der Waals surface area contributed by atoms with Crippen LogP contribution < -0.4 is 0 Å². The molecule has 3 heterocycles. The predicted molar refractivity (Wildman–Crippen MR) is 121 cm³/mol. The van der Waals surface area contributed by atoms with E-state index >= 15 is 0 Å². The Labute approximate surface area is 187 Å². The van der Waals surface area contributed by atoms with Crippen molar-refractivity contribution >= 4 is 28.2 Å². The third-order valence-electron chi connectivity index (χ3n) is 4.97. The van der Waals surface area contributed by atoms with E-state index in [0.29, 0.717) is 22.9 Å². The van der Waals surface area contributed by atoms with Gasteiger partial charge in [-0.25, -0.2) is 0 Å². The Bertz CT molecular complexity index is 1410. The second-order valence-corrected chi connectivity index (χ2v) is 7.99. The molecule has 0 bridgehead atoms. The molecule has 0 aliphatic heterocycles. The highest BCUT2D eigenvalue weighted by Crippen LogP contribution is 2.37. The highest BCUT2D eigenvalue weighted by molar-refractivity contribution is 7.99. The zero-order chi connectivity index (χ0) is 21.9. The molecule has 0 aliphatic rings. The summed E-state index contributed by atoms with van der Waals surface area (Å²) in [6, 6.07) is 18.9. The zero-order valence-corrected chi connectivity index (χ0v) is 17.5. The molecule has 156 valence electrons. The number of nitro groups is 1. The van der Waals surface area contributed by atoms with Gasteiger partial charge in [-0.05, 0) is 41.6 Å². The Morgan fingerprint density at radius 3 is 2.50 bits per heavy atom. The van der Waals surface area contributed by atoms with Gasteiger partial charge in [-0.3, -0.25) is 24.6 Å². The zero-order valence-electron chi connectivity index (χ0n) is 16.7. The molecule has 0 amide bonds. The van der Waals surface area contributed by atoms with E-state index in [1.165, 1.54) is 24.0 Å². The minimum absolute atomic E-state index is 0.0271. The molecule has 0 radical (unpaired) electrons. The molecule has 0 unspecified atom stereocenters. The van der Waals surface area contributed by atoms with E-state index in [4.69, 9.17) is 0 Å². The Hall–Kier alpha value is -4.11. The van der Waals surface area contributed by atoms with Crippen LogP contribution in [-0.4, -0.2) is 29.7 Å². The van der Waals surface area contributed by atoms with Gasteiger partial charge in [-0.2, -0.15) is 0 Å². The molecule has 32 heavy (non-hydrogen) atoms. The van der Waals surface area contributed by atoms with Crippen LogP contribution in [0.25, 0.3) is 22.2 Å². The fourth-order valence-corrected chi connectivity index (χ4v) is 4.44. The number of hydrogen-bond acceptors (Lipinski definition) is 7. The van der Waals surface area contributed by atoms with Crippen molar-refractivity contribution in [1.29, 1.82) is 0 Å². The number of aromatic nitrogens is 5. The van der Waals surface area contributed by atoms with Crippen molar-refractivity contribution in [2.45, 2.75) is 16.6 Å². The largest absolute Gasteiger partial charge is 0.297 e. The molecular weight excluding hydrogens is 424 g/mol. The lowest BCUT2D eigenvalue weighted by molar-refractivity contribution is -0.383. The second kappa shape index (κ2) is 8.56. The molecule has 0 saturated carbocycles. The van der Waals surface area contributed by atoms with Crippen molar-refractivity contribution in [2.75, 3.05) is 0 Å². The molecular formula is C23H16N6O2S. The van der Waals surface area contributed by atoms with E-state index < -0.39 is 4.92 Å². The number of fused-ring (bicyclic) bond motifs is 1. The van der Waals surface area contributed by atoms with Gasteiger partial charge in [0.1, 0.15) is 0 Å². The van der Waals surface area contributed by atoms with E-state index in [2.05, 4.69) is 32.3 Å². The van der Waals surface area contributed by atoms with Crippen LogP contribution in [0.15, 0.2) is 95.5 Å². The predicted octanol–water partition coefficient (Wildman–Crippen LogP) is 5.00. The first-order chi connectivity index (χ1) is 15.7. The maximum absolute atomic E-state index is 11.4. The van der Waals surface area contributed by atoms with Crippen molar-refractivity contribution < 1.29 is 4.92 Å². The van der Waals surface area contributed by atoms with E-state index in [1.54, 1.807) is 30.7 Å². The average molecular weight is 440 g/mol. The molecule has 0 aliphatic carbocycles. The van der Waals surface area contributed by atoms with Gasteiger partial charge in [0.25, 0.3) is 5.69 Å². The third kappa shape index (κ3) is 3.81. The minimum atomic E-state index is -0.392. The average Bonchev–Trinajstić information content (AvgIpc) is 3.22. The third-order valence-corrected chi connectivity index (χ3v) is 6.03. The molecule has 3 aromatic heterocycles. The Kier molecular flexibility index (Phi) is 5.30. The molecule has 5 aromatic rings. The highest BCUT2D eigenvalue weighted by Gasteiger charge is 2.19. The summed E-state index contributed by atoms with van der Waals surface area (Å²) in [4.78, 5) is 20.2. The molecule has 5 rings (SSSR count). The lowest BCUT2D eigenvalue weighted by atomic mass is 10.1. The van der Waals surface area contributed by atoms with Gasteiger partial charge < -0.3 is 0 Å². The topological polar surface area (TPSA) is 99.6 Å². The summed E-state index contributed by atoms with van der Waals surface area (Å²) in [5.74, 6) is 0.706. The summed E-state index contributed by atoms with van der Waals surface area (Å²) in [5.41, 5.74) is 2.00. The van der Waals surface area contributed by atoms with Gasteiger partial charge in [-0.1, -0.05) is 30.3 Å². The van der Waals surface area contributed by atoms with Crippen molar-refractivity contribution in [3.8, 4) is 11.4 Å². The second-order valence-electron chi connectivity index (χ2n) is 6.98. The summed E-state index contributed by atoms with van der Waals surface area (Å²) >= 11 is 1.42. The monoisotopic (exact) mass is 440 g/mol. The van der Waals surface area contributed by atoms with Crippen LogP contribution in [0.3, 0.4) is 0 Å². The lowest BCUT2D eigenvalue weighted by Gasteiger charge is -2.11. The van der Waals surface area contributed by atoms with Crippen LogP contribution in [0, 0.1) is 10.1 Å². The quantitative estimate of drug-likeness (QED) is 0.271. The molecule has 0 fully saturated rings. The normalized spacial score (nSPS) is 11.0. The highest BCUT2D eigenvalue weighted by atomic mass is 32.2. The molecule has 0 atom stereocenters. The smallest absolute Gasteiger partial charge is 0.278 e. The van der Waals surface area contributed by atoms with Gasteiger partial charge >= 0.3 is 0 Å². The summed E-state index contributed by atoms with van der Waals surface area (Å²) in [6.45, 7) is 0.576. The number of rotatable bonds is 6. The summed E-state index contributed by atoms with van der Waals surface area (Å²) in [6.07, 6.45) is 6.63. The van der Waals surface area contributed by atoms with Gasteiger partial charge in [0.15, 0.2) is 11.0 Å². The maximum atomic E-state index is 11.4. The van der Waals surface area contributed by atoms with E-state index in [0.717, 1.165) is 21.4 Å². The fraction of sp³-hybridized carbons (Fsp3) is 0.0435. The number of nitrogens with zero attached hydrogens (tertiary/aromatic N) is 6. The molecule has 2 aromatic carbocycles. The van der Waals surface area contributed by atoms with E-state index in [-0.39, 0.29) is 5.69 Å². The van der Waals surface area contributed by atoms with Gasteiger partial charge in [-0.15, -0.1) is 10.2 Å². The fourth-order valence-electron chi connectivity index (χ4n) is 3.48. The number of non-ortho nitro benzene ring substituents is 1. The number of nitro benzene ring substituents is 1. The molecule has 0 spiro atoms. The molecule has 9 heteroatoms. The Morgan fingerprint density at radius 1 is 0.875 bits per heavy atom. The van der Waals surface area contributed by atoms with Gasteiger partial charge in [0.2, 0.25) is 0 Å². The number of pyridine rings is 2. The molecule has 0 N–H and O–H groups in total. The first kappa shape index (κ1) is 19.8. The Morgan fingerprint density at radius 2 is 1.72 bits per heavy atom. The summed E-state index contributed by atoms with van der Waals surface area (Å²) in [7, 11) is 0. The first-order valence-corrected chi connectivity index (χ1v) is 10.6. The molecule has 8 nitrogen and oxygen atoms in total. The van der Waals surface area contributed by atoms with Crippen LogP contribution in [-0.2, 0) is 6.54 Å². The first-order valence-electron chi connectivity index (χ1n) is 9.77. The van der Waals surface area contributed by atoms with Crippen LogP contribution in [0.2, 0.25) is 0 Å². The minimum Gasteiger partial charge on any atom is -0.297 e. The van der Waals surface area contributed by atoms with Crippen LogP contribution >= 0.6 is 11.8 Å². The van der Waals surface area contributed by atoms with Gasteiger partial charge in [0.05, 0.1) is 16.9 Å². The summed E-state index contributed by atoms with van der Waals surface area (Å²) < 4.78 is 2.03. The lowest BCUT2D eigenvalue weighted by Crippen LogP contribution is -2.04. The number of hydrogen-bond donors (Lipinski definition) is 0. The van der Waals surface area contributed by atoms with E-state index in [9.17, 15) is 10.1 Å². The SMILES string of the molecule is O=[N+]([O-])c1ccc(Sc2nnc(-c3cccnc3)n2Cc2ccccc2)c2ccncc12. The van der Waals surface area contributed by atoms with Crippen LogP contribution in [0.5, 0.6) is 0 Å². The van der Waals surface area contributed by atoms with Crippen LogP contribution in [0.4, 0.5) is 5.69 Å². The Balaban J connectivity index is 1.61. The maximum Gasteiger partial charge on any atom is 0.278 e. The van der Waals surface area contributed by atoms with Crippen molar-refractivity contribution in [3.05, 3.63) is 101 Å².